The van der Waals surface area contributed by atoms with Crippen molar-refractivity contribution in [2.24, 2.45) is 0 Å². The van der Waals surface area contributed by atoms with Crippen LogP contribution >= 0.6 is 0 Å². The second kappa shape index (κ2) is 4.42. The molecule has 1 atom stereocenters. The molecule has 2 aromatic rings. The van der Waals surface area contributed by atoms with Crippen molar-refractivity contribution in [3.63, 3.8) is 0 Å². The van der Waals surface area contributed by atoms with Crippen LogP contribution in [0.3, 0.4) is 0 Å². The van der Waals surface area contributed by atoms with E-state index in [0.29, 0.717) is 0 Å². The van der Waals surface area contributed by atoms with Crippen LogP contribution in [0.2, 0.25) is 0 Å². The van der Waals surface area contributed by atoms with E-state index in [1.807, 2.05) is 30.3 Å². The van der Waals surface area contributed by atoms with Gasteiger partial charge in [0.2, 0.25) is 0 Å². The molecule has 1 aliphatic carbocycles. The summed E-state index contributed by atoms with van der Waals surface area (Å²) in [5, 5.41) is 10.4. The Hall–Kier alpha value is -1.74. The van der Waals surface area contributed by atoms with Crippen LogP contribution in [0.4, 0.5) is 8.78 Å². The van der Waals surface area contributed by atoms with E-state index in [0.717, 1.165) is 18.4 Å². The number of aliphatic hydroxyl groups is 1. The maximum Gasteiger partial charge on any atom is 0.131 e. The van der Waals surface area contributed by atoms with E-state index in [4.69, 9.17) is 0 Å². The van der Waals surface area contributed by atoms with E-state index in [2.05, 4.69) is 0 Å². The molecule has 1 aliphatic rings. The van der Waals surface area contributed by atoms with Gasteiger partial charge in [-0.15, -0.1) is 0 Å². The summed E-state index contributed by atoms with van der Waals surface area (Å²) in [7, 11) is 0. The van der Waals surface area contributed by atoms with Crippen LogP contribution in [0.25, 0.3) is 0 Å². The monoisotopic (exact) mass is 260 g/mol. The predicted molar refractivity (Wildman–Crippen MR) is 68.7 cm³/mol. The summed E-state index contributed by atoms with van der Waals surface area (Å²) in [5.74, 6) is -1.37. The van der Waals surface area contributed by atoms with Gasteiger partial charge in [0, 0.05) is 5.41 Å². The van der Waals surface area contributed by atoms with Crippen LogP contribution in [0.5, 0.6) is 0 Å². The highest BCUT2D eigenvalue weighted by molar-refractivity contribution is 5.38. The second-order valence-electron chi connectivity index (χ2n) is 5.06. The minimum atomic E-state index is -1.14. The number of halogens is 2. The van der Waals surface area contributed by atoms with E-state index < -0.39 is 23.2 Å². The van der Waals surface area contributed by atoms with Crippen LogP contribution in [-0.4, -0.2) is 5.11 Å². The Balaban J connectivity index is 2.03. The van der Waals surface area contributed by atoms with Crippen molar-refractivity contribution < 1.29 is 13.9 Å². The van der Waals surface area contributed by atoms with Gasteiger partial charge >= 0.3 is 0 Å². The lowest BCUT2D eigenvalue weighted by atomic mass is 9.85. The summed E-state index contributed by atoms with van der Waals surface area (Å²) in [4.78, 5) is 0. The van der Waals surface area contributed by atoms with Crippen molar-refractivity contribution in [1.82, 2.24) is 0 Å². The van der Waals surface area contributed by atoms with Crippen LogP contribution in [0.15, 0.2) is 48.5 Å². The Labute approximate surface area is 110 Å². The Morgan fingerprint density at radius 2 is 1.47 bits per heavy atom. The normalized spacial score (nSPS) is 18.1. The smallest absolute Gasteiger partial charge is 0.131 e. The fourth-order valence-corrected chi connectivity index (χ4v) is 2.67. The first-order valence-corrected chi connectivity index (χ1v) is 6.33. The third-order valence-corrected chi connectivity index (χ3v) is 3.93. The van der Waals surface area contributed by atoms with Crippen molar-refractivity contribution in [2.45, 2.75) is 24.4 Å². The molecule has 1 saturated carbocycles. The van der Waals surface area contributed by atoms with Gasteiger partial charge in [0.1, 0.15) is 11.6 Å². The molecule has 0 heterocycles. The molecule has 1 N–H and O–H groups in total. The van der Waals surface area contributed by atoms with Crippen molar-refractivity contribution in [3.05, 3.63) is 71.3 Å². The molecule has 98 valence electrons. The van der Waals surface area contributed by atoms with E-state index in [1.165, 1.54) is 18.2 Å². The Morgan fingerprint density at radius 1 is 0.895 bits per heavy atom. The largest absolute Gasteiger partial charge is 0.387 e. The second-order valence-corrected chi connectivity index (χ2v) is 5.06. The maximum atomic E-state index is 13.8. The molecule has 1 nitrogen and oxygen atoms in total. The van der Waals surface area contributed by atoms with E-state index >= 15 is 0 Å². The topological polar surface area (TPSA) is 20.2 Å². The fraction of sp³-hybridized carbons (Fsp3) is 0.250. The minimum Gasteiger partial charge on any atom is -0.387 e. The SMILES string of the molecule is OC(c1c(F)cccc1F)C1(c2ccccc2)CC1. The van der Waals surface area contributed by atoms with Gasteiger partial charge in [0.05, 0.1) is 11.7 Å². The lowest BCUT2D eigenvalue weighted by Crippen LogP contribution is -2.20. The van der Waals surface area contributed by atoms with Gasteiger partial charge in [-0.2, -0.15) is 0 Å². The number of benzene rings is 2. The lowest BCUT2D eigenvalue weighted by Gasteiger charge is -2.24. The van der Waals surface area contributed by atoms with Gasteiger partial charge < -0.3 is 5.11 Å². The van der Waals surface area contributed by atoms with Gasteiger partial charge in [-0.25, -0.2) is 8.78 Å². The van der Waals surface area contributed by atoms with Crippen LogP contribution < -0.4 is 0 Å². The molecular weight excluding hydrogens is 246 g/mol. The molecular formula is C16H14F2O. The highest BCUT2D eigenvalue weighted by Crippen LogP contribution is 2.57. The number of hydrogen-bond donors (Lipinski definition) is 1. The molecule has 0 spiro atoms. The van der Waals surface area contributed by atoms with Crippen molar-refractivity contribution >= 4 is 0 Å². The van der Waals surface area contributed by atoms with E-state index in [1.54, 1.807) is 0 Å². The van der Waals surface area contributed by atoms with Crippen LogP contribution in [-0.2, 0) is 5.41 Å². The van der Waals surface area contributed by atoms with Gasteiger partial charge in [0.25, 0.3) is 0 Å². The lowest BCUT2D eigenvalue weighted by molar-refractivity contribution is 0.124. The summed E-state index contributed by atoms with van der Waals surface area (Å²) in [6.07, 6.45) is 0.342. The average Bonchev–Trinajstić information content (AvgIpc) is 3.21. The quantitative estimate of drug-likeness (QED) is 0.891. The average molecular weight is 260 g/mol. The Bertz CT molecular complexity index is 571. The molecule has 0 amide bonds. The van der Waals surface area contributed by atoms with Gasteiger partial charge in [-0.1, -0.05) is 36.4 Å². The van der Waals surface area contributed by atoms with E-state index in [-0.39, 0.29) is 5.56 Å². The number of hydrogen-bond acceptors (Lipinski definition) is 1. The molecule has 3 heteroatoms. The van der Waals surface area contributed by atoms with Crippen molar-refractivity contribution in [2.75, 3.05) is 0 Å². The molecule has 0 bridgehead atoms. The van der Waals surface area contributed by atoms with Crippen molar-refractivity contribution in [3.8, 4) is 0 Å². The molecule has 0 aliphatic heterocycles. The van der Waals surface area contributed by atoms with Crippen LogP contribution in [0, 0.1) is 11.6 Å². The Kier molecular flexibility index (Phi) is 2.86. The highest BCUT2D eigenvalue weighted by Gasteiger charge is 2.52. The summed E-state index contributed by atoms with van der Waals surface area (Å²) in [6.45, 7) is 0. The van der Waals surface area contributed by atoms with Gasteiger partial charge in [0.15, 0.2) is 0 Å². The molecule has 0 aromatic heterocycles. The zero-order valence-corrected chi connectivity index (χ0v) is 10.3. The number of aliphatic hydroxyl groups excluding tert-OH is 1. The maximum absolute atomic E-state index is 13.8. The number of rotatable bonds is 3. The third-order valence-electron chi connectivity index (χ3n) is 3.93. The van der Waals surface area contributed by atoms with Gasteiger partial charge in [-0.05, 0) is 30.5 Å². The van der Waals surface area contributed by atoms with Crippen molar-refractivity contribution in [1.29, 1.82) is 0 Å². The molecule has 1 fully saturated rings. The first-order valence-electron chi connectivity index (χ1n) is 6.33. The summed E-state index contributed by atoms with van der Waals surface area (Å²) >= 11 is 0. The summed E-state index contributed by atoms with van der Waals surface area (Å²) in [6, 6.07) is 13.1. The molecule has 0 saturated heterocycles. The van der Waals surface area contributed by atoms with Gasteiger partial charge in [-0.3, -0.25) is 0 Å². The molecule has 0 radical (unpaired) electrons. The standard InChI is InChI=1S/C16H14F2O/c17-12-7-4-8-13(18)14(12)15(19)16(9-10-16)11-5-2-1-3-6-11/h1-8,15,19H,9-10H2. The first-order chi connectivity index (χ1) is 9.15. The Morgan fingerprint density at radius 3 is 2.00 bits per heavy atom. The zero-order valence-electron chi connectivity index (χ0n) is 10.3. The molecule has 1 unspecified atom stereocenters. The third kappa shape index (κ3) is 1.94. The predicted octanol–water partition coefficient (Wildman–Crippen LogP) is 3.73. The minimum absolute atomic E-state index is 0.219. The fourth-order valence-electron chi connectivity index (χ4n) is 2.67. The summed E-state index contributed by atoms with van der Waals surface area (Å²) in [5.41, 5.74) is 0.179. The molecule has 19 heavy (non-hydrogen) atoms. The molecule has 2 aromatic carbocycles. The molecule has 3 rings (SSSR count). The van der Waals surface area contributed by atoms with E-state index in [9.17, 15) is 13.9 Å². The highest BCUT2D eigenvalue weighted by atomic mass is 19.1. The zero-order chi connectivity index (χ0) is 13.5. The summed E-state index contributed by atoms with van der Waals surface area (Å²) < 4.78 is 27.5. The first kappa shape index (κ1) is 12.3. The van der Waals surface area contributed by atoms with Crippen LogP contribution in [0.1, 0.15) is 30.1 Å².